The summed E-state index contributed by atoms with van der Waals surface area (Å²) in [6, 6.07) is 13.7. The summed E-state index contributed by atoms with van der Waals surface area (Å²) < 4.78 is 5.09. The van der Waals surface area contributed by atoms with Crippen LogP contribution in [-0.4, -0.2) is 23.2 Å². The molecule has 0 amide bonds. The van der Waals surface area contributed by atoms with Gasteiger partial charge in [-0.15, -0.1) is 0 Å². The largest absolute Gasteiger partial charge is 0.497 e. The molecule has 0 aliphatic rings. The van der Waals surface area contributed by atoms with Gasteiger partial charge in [0.1, 0.15) is 11.3 Å². The summed E-state index contributed by atoms with van der Waals surface area (Å²) in [6.07, 6.45) is 0. The smallest absolute Gasteiger partial charge is 0.341 e. The minimum absolute atomic E-state index is 0.260. The van der Waals surface area contributed by atoms with Gasteiger partial charge in [0, 0.05) is 10.9 Å². The normalized spacial score (nSPS) is 10.6. The minimum atomic E-state index is -1.25. The van der Waals surface area contributed by atoms with Crippen LogP contribution in [-0.2, 0) is 0 Å². The highest BCUT2D eigenvalue weighted by Gasteiger charge is 2.19. The molecule has 5 nitrogen and oxygen atoms in total. The van der Waals surface area contributed by atoms with E-state index >= 15 is 0 Å². The topological polar surface area (TPSA) is 79.4 Å². The molecule has 0 atom stereocenters. The van der Waals surface area contributed by atoms with Crippen LogP contribution in [0.15, 0.2) is 53.3 Å². The highest BCUT2D eigenvalue weighted by Crippen LogP contribution is 2.24. The molecule has 0 fully saturated rings. The number of aromatic carboxylic acids is 1. The fraction of sp³-hybridized carbons (Fsp3) is 0.0588. The maximum atomic E-state index is 12.5. The summed E-state index contributed by atoms with van der Waals surface area (Å²) in [5.74, 6) is -0.596. The van der Waals surface area contributed by atoms with Gasteiger partial charge in [-0.3, -0.25) is 4.79 Å². The van der Waals surface area contributed by atoms with Crippen LogP contribution in [0.25, 0.3) is 22.2 Å². The van der Waals surface area contributed by atoms with Crippen LogP contribution in [0.3, 0.4) is 0 Å². The van der Waals surface area contributed by atoms with E-state index in [1.165, 1.54) is 0 Å². The van der Waals surface area contributed by atoms with Gasteiger partial charge in [-0.1, -0.05) is 12.1 Å². The molecule has 0 saturated carbocycles. The van der Waals surface area contributed by atoms with E-state index in [9.17, 15) is 14.7 Å². The fourth-order valence-electron chi connectivity index (χ4n) is 2.41. The van der Waals surface area contributed by atoms with Gasteiger partial charge in [0.25, 0.3) is 0 Å². The van der Waals surface area contributed by atoms with Gasteiger partial charge < -0.3 is 14.8 Å². The van der Waals surface area contributed by atoms with Crippen LogP contribution in [0, 0.1) is 0 Å². The van der Waals surface area contributed by atoms with Crippen molar-refractivity contribution in [3.05, 3.63) is 64.3 Å². The van der Waals surface area contributed by atoms with Crippen molar-refractivity contribution < 1.29 is 14.6 Å². The zero-order valence-electron chi connectivity index (χ0n) is 11.8. The van der Waals surface area contributed by atoms with E-state index in [-0.39, 0.29) is 5.56 Å². The number of para-hydroxylation sites is 1. The Balaban J connectivity index is 2.33. The Bertz CT molecular complexity index is 910. The summed E-state index contributed by atoms with van der Waals surface area (Å²) in [4.78, 5) is 27.0. The first-order valence-electron chi connectivity index (χ1n) is 6.64. The molecule has 0 radical (unpaired) electrons. The lowest BCUT2D eigenvalue weighted by Gasteiger charge is -2.09. The molecule has 2 aromatic carbocycles. The first-order chi connectivity index (χ1) is 10.6. The summed E-state index contributed by atoms with van der Waals surface area (Å²) in [5.41, 5.74) is 0.750. The van der Waals surface area contributed by atoms with E-state index < -0.39 is 11.4 Å². The Labute approximate surface area is 125 Å². The molecule has 0 unspecified atom stereocenters. The number of hydrogen-bond donors (Lipinski definition) is 2. The summed E-state index contributed by atoms with van der Waals surface area (Å²) in [6.45, 7) is 0. The molecule has 0 saturated heterocycles. The van der Waals surface area contributed by atoms with Crippen LogP contribution in [0.5, 0.6) is 5.75 Å². The third-order valence-corrected chi connectivity index (χ3v) is 3.50. The molecule has 1 aromatic heterocycles. The number of rotatable bonds is 3. The van der Waals surface area contributed by atoms with Crippen LogP contribution in [0.4, 0.5) is 0 Å². The number of benzene rings is 2. The van der Waals surface area contributed by atoms with Crippen molar-refractivity contribution in [2.24, 2.45) is 0 Å². The maximum Gasteiger partial charge on any atom is 0.341 e. The van der Waals surface area contributed by atoms with Crippen molar-refractivity contribution in [1.29, 1.82) is 0 Å². The van der Waals surface area contributed by atoms with Gasteiger partial charge in [-0.25, -0.2) is 4.79 Å². The molecule has 5 heteroatoms. The zero-order chi connectivity index (χ0) is 15.7. The number of hydrogen-bond acceptors (Lipinski definition) is 3. The first-order valence-corrected chi connectivity index (χ1v) is 6.64. The van der Waals surface area contributed by atoms with Gasteiger partial charge >= 0.3 is 5.97 Å². The highest BCUT2D eigenvalue weighted by molar-refractivity contribution is 5.99. The van der Waals surface area contributed by atoms with Crippen molar-refractivity contribution in [3.63, 3.8) is 0 Å². The second-order valence-electron chi connectivity index (χ2n) is 4.78. The fourth-order valence-corrected chi connectivity index (χ4v) is 2.41. The maximum absolute atomic E-state index is 12.5. The number of carboxylic acids is 1. The Morgan fingerprint density at radius 1 is 1.09 bits per heavy atom. The molecule has 2 N–H and O–H groups in total. The number of methoxy groups -OCH3 is 1. The molecule has 110 valence electrons. The van der Waals surface area contributed by atoms with Gasteiger partial charge in [-0.2, -0.15) is 0 Å². The first kappa shape index (κ1) is 13.9. The SMILES string of the molecule is COc1ccc(-c2[nH]c3ccccc3c(=O)c2C(=O)O)cc1. The average molecular weight is 295 g/mol. The Hall–Kier alpha value is -3.08. The van der Waals surface area contributed by atoms with Gasteiger partial charge in [0.15, 0.2) is 0 Å². The van der Waals surface area contributed by atoms with Crippen LogP contribution >= 0.6 is 0 Å². The van der Waals surface area contributed by atoms with Gasteiger partial charge in [0.2, 0.25) is 5.43 Å². The molecule has 0 spiro atoms. The Morgan fingerprint density at radius 2 is 1.77 bits per heavy atom. The van der Waals surface area contributed by atoms with Crippen molar-refractivity contribution in [2.75, 3.05) is 7.11 Å². The number of fused-ring (bicyclic) bond motifs is 1. The van der Waals surface area contributed by atoms with Crippen LogP contribution < -0.4 is 10.2 Å². The standard InChI is InChI=1S/C17H13NO4/c1-22-11-8-6-10(7-9-11)15-14(17(20)21)16(19)12-4-2-3-5-13(12)18-15/h2-9H,1H3,(H,18,19)(H,20,21). The number of aromatic nitrogens is 1. The number of pyridine rings is 1. The third kappa shape index (κ3) is 2.22. The monoisotopic (exact) mass is 295 g/mol. The zero-order valence-corrected chi connectivity index (χ0v) is 11.8. The summed E-state index contributed by atoms with van der Waals surface area (Å²) in [5, 5.41) is 9.78. The average Bonchev–Trinajstić information content (AvgIpc) is 2.54. The van der Waals surface area contributed by atoms with E-state index in [0.717, 1.165) is 0 Å². The molecule has 0 aliphatic heterocycles. The lowest BCUT2D eigenvalue weighted by atomic mass is 10.0. The van der Waals surface area contributed by atoms with Crippen molar-refractivity contribution >= 4 is 16.9 Å². The van der Waals surface area contributed by atoms with E-state index in [1.54, 1.807) is 55.6 Å². The summed E-state index contributed by atoms with van der Waals surface area (Å²) >= 11 is 0. The number of aromatic amines is 1. The number of carbonyl (C=O) groups is 1. The molecule has 3 aromatic rings. The molecule has 1 heterocycles. The lowest BCUT2D eigenvalue weighted by molar-refractivity contribution is 0.0696. The summed E-state index contributed by atoms with van der Waals surface area (Å²) in [7, 11) is 1.55. The van der Waals surface area contributed by atoms with Crippen molar-refractivity contribution in [3.8, 4) is 17.0 Å². The number of nitrogens with one attached hydrogen (secondary N) is 1. The molecule has 22 heavy (non-hydrogen) atoms. The van der Waals surface area contributed by atoms with Crippen molar-refractivity contribution in [2.45, 2.75) is 0 Å². The van der Waals surface area contributed by atoms with Crippen LogP contribution in [0.2, 0.25) is 0 Å². The Kier molecular flexibility index (Phi) is 3.39. The van der Waals surface area contributed by atoms with E-state index in [2.05, 4.69) is 4.98 Å². The van der Waals surface area contributed by atoms with Crippen molar-refractivity contribution in [1.82, 2.24) is 4.98 Å². The van der Waals surface area contributed by atoms with E-state index in [1.807, 2.05) is 0 Å². The van der Waals surface area contributed by atoms with Gasteiger partial charge in [-0.05, 0) is 42.0 Å². The minimum Gasteiger partial charge on any atom is -0.497 e. The van der Waals surface area contributed by atoms with E-state index in [4.69, 9.17) is 4.74 Å². The number of carboxylic acid groups (broad SMARTS) is 1. The molecule has 0 aliphatic carbocycles. The van der Waals surface area contributed by atoms with E-state index in [0.29, 0.717) is 27.9 Å². The highest BCUT2D eigenvalue weighted by atomic mass is 16.5. The molecule has 3 rings (SSSR count). The molecular formula is C17H13NO4. The third-order valence-electron chi connectivity index (χ3n) is 3.50. The predicted molar refractivity (Wildman–Crippen MR) is 83.5 cm³/mol. The predicted octanol–water partition coefficient (Wildman–Crippen LogP) is 2.90. The quantitative estimate of drug-likeness (QED) is 0.778. The number of ether oxygens (including phenoxy) is 1. The van der Waals surface area contributed by atoms with Crippen LogP contribution in [0.1, 0.15) is 10.4 Å². The number of H-pyrrole nitrogens is 1. The lowest BCUT2D eigenvalue weighted by Crippen LogP contribution is -2.18. The Morgan fingerprint density at radius 3 is 2.41 bits per heavy atom. The van der Waals surface area contributed by atoms with Gasteiger partial charge in [0.05, 0.1) is 12.8 Å². The second-order valence-corrected chi connectivity index (χ2v) is 4.78. The molecular weight excluding hydrogens is 282 g/mol. The molecule has 0 bridgehead atoms. The second kappa shape index (κ2) is 5.37.